The molecule has 2 aromatic rings. The summed E-state index contributed by atoms with van der Waals surface area (Å²) < 4.78 is 0. The zero-order chi connectivity index (χ0) is 20.4. The largest absolute Gasteiger partial charge is 0.382 e. The summed E-state index contributed by atoms with van der Waals surface area (Å²) in [6.07, 6.45) is 7.73. The zero-order valence-corrected chi connectivity index (χ0v) is 16.8. The number of aryl methyl sites for hydroxylation is 1. The van der Waals surface area contributed by atoms with Crippen molar-refractivity contribution in [2.24, 2.45) is 5.73 Å². The van der Waals surface area contributed by atoms with Gasteiger partial charge in [0, 0.05) is 17.8 Å². The number of nitrogens with one attached hydrogen (secondary N) is 3. The molecule has 8 heteroatoms. The standard InChI is InChI=1S/C21H29N7O/c1-13-10-14(27-19-17(24-9-5-8-22)18(23)25-12-26-19)11-15-16(13)20(29)28-21(15)6-3-2-4-7-21/h10-12,24H,2-9,22H2,1H3,(H,28,29)(H3,23,25,26,27). The van der Waals surface area contributed by atoms with E-state index in [0.29, 0.717) is 30.4 Å². The normalized spacial score (nSPS) is 17.1. The Morgan fingerprint density at radius 1 is 1.21 bits per heavy atom. The third kappa shape index (κ3) is 3.60. The highest BCUT2D eigenvalue weighted by molar-refractivity contribution is 6.02. The summed E-state index contributed by atoms with van der Waals surface area (Å²) in [5.74, 6) is 1.04. The van der Waals surface area contributed by atoms with Crippen molar-refractivity contribution in [2.75, 3.05) is 29.5 Å². The van der Waals surface area contributed by atoms with Gasteiger partial charge in [-0.15, -0.1) is 0 Å². The molecule has 0 atom stereocenters. The van der Waals surface area contributed by atoms with E-state index >= 15 is 0 Å². The summed E-state index contributed by atoms with van der Waals surface area (Å²) in [5, 5.41) is 9.94. The van der Waals surface area contributed by atoms with Crippen molar-refractivity contribution in [3.63, 3.8) is 0 Å². The number of nitrogens with two attached hydrogens (primary N) is 2. The van der Waals surface area contributed by atoms with E-state index in [0.717, 1.165) is 54.5 Å². The second-order valence-corrected chi connectivity index (χ2v) is 7.99. The Labute approximate surface area is 170 Å². The second-order valence-electron chi connectivity index (χ2n) is 7.99. The molecule has 0 saturated heterocycles. The fourth-order valence-corrected chi connectivity index (χ4v) is 4.56. The first-order chi connectivity index (χ1) is 14.0. The van der Waals surface area contributed by atoms with Crippen molar-refractivity contribution in [3.8, 4) is 0 Å². The molecule has 1 aliphatic heterocycles. The molecule has 4 rings (SSSR count). The molecule has 1 saturated carbocycles. The molecule has 154 valence electrons. The highest BCUT2D eigenvalue weighted by Crippen LogP contribution is 2.44. The lowest BCUT2D eigenvalue weighted by atomic mass is 9.77. The number of anilines is 4. The summed E-state index contributed by atoms with van der Waals surface area (Å²) in [6, 6.07) is 4.08. The van der Waals surface area contributed by atoms with Crippen LogP contribution in [0.5, 0.6) is 0 Å². The molecule has 1 aliphatic carbocycles. The van der Waals surface area contributed by atoms with Crippen molar-refractivity contribution in [1.29, 1.82) is 0 Å². The van der Waals surface area contributed by atoms with Crippen LogP contribution in [0.4, 0.5) is 23.0 Å². The number of fused-ring (bicyclic) bond motifs is 2. The van der Waals surface area contributed by atoms with Crippen LogP contribution in [0.3, 0.4) is 0 Å². The van der Waals surface area contributed by atoms with Gasteiger partial charge >= 0.3 is 0 Å². The highest BCUT2D eigenvalue weighted by Gasteiger charge is 2.44. The Bertz CT molecular complexity index is 921. The lowest BCUT2D eigenvalue weighted by molar-refractivity contribution is 0.0909. The van der Waals surface area contributed by atoms with Gasteiger partial charge in [0.15, 0.2) is 11.6 Å². The number of aromatic nitrogens is 2. The fraction of sp³-hybridized carbons (Fsp3) is 0.476. The van der Waals surface area contributed by atoms with Crippen LogP contribution in [0.15, 0.2) is 18.5 Å². The molecule has 7 N–H and O–H groups in total. The van der Waals surface area contributed by atoms with Crippen molar-refractivity contribution in [1.82, 2.24) is 15.3 Å². The number of hydrogen-bond acceptors (Lipinski definition) is 7. The third-order valence-electron chi connectivity index (χ3n) is 5.96. The van der Waals surface area contributed by atoms with E-state index < -0.39 is 0 Å². The van der Waals surface area contributed by atoms with Crippen molar-refractivity contribution < 1.29 is 4.79 Å². The minimum absolute atomic E-state index is 0.0429. The molecule has 0 bridgehead atoms. The van der Waals surface area contributed by atoms with Gasteiger partial charge in [-0.2, -0.15) is 0 Å². The minimum Gasteiger partial charge on any atom is -0.382 e. The van der Waals surface area contributed by atoms with E-state index in [2.05, 4.69) is 32.0 Å². The molecule has 1 fully saturated rings. The highest BCUT2D eigenvalue weighted by atomic mass is 16.2. The molecular weight excluding hydrogens is 366 g/mol. The maximum absolute atomic E-state index is 12.7. The first-order valence-electron chi connectivity index (χ1n) is 10.3. The third-order valence-corrected chi connectivity index (χ3v) is 5.96. The molecule has 8 nitrogen and oxygen atoms in total. The lowest BCUT2D eigenvalue weighted by Crippen LogP contribution is -2.40. The predicted molar refractivity (Wildman–Crippen MR) is 115 cm³/mol. The van der Waals surface area contributed by atoms with Crippen molar-refractivity contribution >= 4 is 28.9 Å². The van der Waals surface area contributed by atoms with Gasteiger partial charge in [-0.3, -0.25) is 4.79 Å². The van der Waals surface area contributed by atoms with Crippen LogP contribution in [0.1, 0.15) is 60.0 Å². The number of nitrogens with zero attached hydrogens (tertiary/aromatic N) is 2. The Kier molecular flexibility index (Phi) is 5.27. The SMILES string of the molecule is Cc1cc(Nc2ncnc(N)c2NCCCN)cc2c1C(=O)NC21CCCCC1. The minimum atomic E-state index is -0.236. The lowest BCUT2D eigenvalue weighted by Gasteiger charge is -2.34. The average Bonchev–Trinajstić information content (AvgIpc) is 2.96. The van der Waals surface area contributed by atoms with Crippen LogP contribution in [-0.2, 0) is 5.54 Å². The maximum atomic E-state index is 12.7. The Morgan fingerprint density at radius 3 is 2.76 bits per heavy atom. The number of carbonyl (C=O) groups is 1. The Hall–Kier alpha value is -2.87. The summed E-state index contributed by atoms with van der Waals surface area (Å²) >= 11 is 0. The van der Waals surface area contributed by atoms with E-state index in [1.165, 1.54) is 12.7 Å². The fourth-order valence-electron chi connectivity index (χ4n) is 4.56. The van der Waals surface area contributed by atoms with Crippen LogP contribution in [-0.4, -0.2) is 29.0 Å². The average molecular weight is 396 g/mol. The van der Waals surface area contributed by atoms with E-state index in [1.54, 1.807) is 0 Å². The van der Waals surface area contributed by atoms with E-state index in [4.69, 9.17) is 11.5 Å². The summed E-state index contributed by atoms with van der Waals surface area (Å²) in [4.78, 5) is 21.2. The van der Waals surface area contributed by atoms with Crippen LogP contribution < -0.4 is 27.4 Å². The second kappa shape index (κ2) is 7.87. The van der Waals surface area contributed by atoms with Gasteiger partial charge in [-0.05, 0) is 56.0 Å². The number of amides is 1. The topological polar surface area (TPSA) is 131 Å². The van der Waals surface area contributed by atoms with E-state index in [-0.39, 0.29) is 11.4 Å². The van der Waals surface area contributed by atoms with Gasteiger partial charge in [0.2, 0.25) is 0 Å². The Balaban J connectivity index is 1.68. The molecule has 0 unspecified atom stereocenters. The summed E-state index contributed by atoms with van der Waals surface area (Å²) in [5.41, 5.74) is 15.9. The van der Waals surface area contributed by atoms with Crippen LogP contribution in [0.2, 0.25) is 0 Å². The van der Waals surface area contributed by atoms with Crippen LogP contribution in [0, 0.1) is 6.92 Å². The molecule has 29 heavy (non-hydrogen) atoms. The van der Waals surface area contributed by atoms with Gasteiger partial charge in [-0.1, -0.05) is 19.3 Å². The molecule has 0 radical (unpaired) electrons. The molecular formula is C21H29N7O. The Morgan fingerprint density at radius 2 is 2.00 bits per heavy atom. The van der Waals surface area contributed by atoms with Crippen LogP contribution in [0.25, 0.3) is 0 Å². The first kappa shape index (κ1) is 19.4. The first-order valence-corrected chi connectivity index (χ1v) is 10.3. The number of rotatable bonds is 6. The number of carbonyl (C=O) groups excluding carboxylic acids is 1. The van der Waals surface area contributed by atoms with Crippen LogP contribution >= 0.6 is 0 Å². The number of nitrogen functional groups attached to an aromatic ring is 1. The molecule has 2 heterocycles. The maximum Gasteiger partial charge on any atom is 0.252 e. The summed E-state index contributed by atoms with van der Waals surface area (Å²) in [6.45, 7) is 3.27. The van der Waals surface area contributed by atoms with Gasteiger partial charge in [0.1, 0.15) is 12.0 Å². The number of benzene rings is 1. The molecule has 1 spiro atoms. The molecule has 1 aromatic heterocycles. The smallest absolute Gasteiger partial charge is 0.252 e. The van der Waals surface area contributed by atoms with Crippen molar-refractivity contribution in [3.05, 3.63) is 35.2 Å². The monoisotopic (exact) mass is 395 g/mol. The van der Waals surface area contributed by atoms with Gasteiger partial charge < -0.3 is 27.4 Å². The molecule has 2 aliphatic rings. The quantitative estimate of drug-likeness (QED) is 0.475. The van der Waals surface area contributed by atoms with Crippen molar-refractivity contribution in [2.45, 2.75) is 51.0 Å². The predicted octanol–water partition coefficient (Wildman–Crippen LogP) is 2.77. The molecule has 1 aromatic carbocycles. The van der Waals surface area contributed by atoms with Gasteiger partial charge in [-0.25, -0.2) is 9.97 Å². The van der Waals surface area contributed by atoms with Gasteiger partial charge in [0.05, 0.1) is 5.54 Å². The zero-order valence-electron chi connectivity index (χ0n) is 16.8. The van der Waals surface area contributed by atoms with Gasteiger partial charge in [0.25, 0.3) is 5.91 Å². The summed E-state index contributed by atoms with van der Waals surface area (Å²) in [7, 11) is 0. The number of hydrogen-bond donors (Lipinski definition) is 5. The molecule has 1 amide bonds. The van der Waals surface area contributed by atoms with E-state index in [1.807, 2.05) is 13.0 Å². The van der Waals surface area contributed by atoms with E-state index in [9.17, 15) is 4.79 Å².